The number of ketones is 1. The lowest BCUT2D eigenvalue weighted by Crippen LogP contribution is -2.32. The van der Waals surface area contributed by atoms with Crippen molar-refractivity contribution in [1.82, 2.24) is 9.78 Å². The second-order valence-corrected chi connectivity index (χ2v) is 5.04. The first-order chi connectivity index (χ1) is 9.18. The molecule has 1 amide bonds. The van der Waals surface area contributed by atoms with Crippen molar-refractivity contribution in [2.24, 2.45) is 0 Å². The molecule has 1 aliphatic rings. The molecule has 1 aliphatic heterocycles. The van der Waals surface area contributed by atoms with E-state index in [1.165, 1.54) is 4.90 Å². The molecule has 6 heteroatoms. The number of nitrogens with zero attached hydrogens (tertiary/aromatic N) is 3. The molecule has 0 saturated carbocycles. The molecule has 96 valence electrons. The van der Waals surface area contributed by atoms with Crippen LogP contribution in [0.2, 0.25) is 0 Å². The van der Waals surface area contributed by atoms with Gasteiger partial charge >= 0.3 is 0 Å². The molecule has 0 fully saturated rings. The van der Waals surface area contributed by atoms with Gasteiger partial charge < -0.3 is 4.90 Å². The van der Waals surface area contributed by atoms with Crippen LogP contribution in [0.15, 0.2) is 41.1 Å². The largest absolute Gasteiger partial charge is 0.303 e. The standard InChI is InChI=1S/C13H10BrN3O2/c14-9-3-1-4-10-11(9)12(18)13(19)17(10)8-7-16-6-2-5-15-16/h1-6H,7-8H2. The summed E-state index contributed by atoms with van der Waals surface area (Å²) >= 11 is 3.32. The van der Waals surface area contributed by atoms with Gasteiger partial charge in [-0.3, -0.25) is 14.3 Å². The van der Waals surface area contributed by atoms with Crippen molar-refractivity contribution >= 4 is 33.3 Å². The van der Waals surface area contributed by atoms with E-state index in [2.05, 4.69) is 21.0 Å². The fourth-order valence-corrected chi connectivity index (χ4v) is 2.69. The molecule has 2 aromatic rings. The third-order valence-corrected chi connectivity index (χ3v) is 3.72. The van der Waals surface area contributed by atoms with Crippen LogP contribution in [-0.2, 0) is 11.3 Å². The van der Waals surface area contributed by atoms with Crippen LogP contribution < -0.4 is 4.90 Å². The normalized spacial score (nSPS) is 14.1. The van der Waals surface area contributed by atoms with Crippen molar-refractivity contribution in [3.05, 3.63) is 46.7 Å². The molecule has 0 radical (unpaired) electrons. The van der Waals surface area contributed by atoms with Gasteiger partial charge in [0.1, 0.15) is 0 Å². The molecule has 3 rings (SSSR count). The molecule has 0 bridgehead atoms. The third-order valence-electron chi connectivity index (χ3n) is 3.06. The van der Waals surface area contributed by atoms with Crippen LogP contribution in [0.5, 0.6) is 0 Å². The van der Waals surface area contributed by atoms with Crippen molar-refractivity contribution in [3.63, 3.8) is 0 Å². The zero-order chi connectivity index (χ0) is 13.4. The van der Waals surface area contributed by atoms with Crippen molar-refractivity contribution in [3.8, 4) is 0 Å². The minimum Gasteiger partial charge on any atom is -0.303 e. The Labute approximate surface area is 118 Å². The van der Waals surface area contributed by atoms with Crippen LogP contribution in [0, 0.1) is 0 Å². The van der Waals surface area contributed by atoms with E-state index in [1.807, 2.05) is 18.3 Å². The van der Waals surface area contributed by atoms with E-state index < -0.39 is 11.7 Å². The van der Waals surface area contributed by atoms with Gasteiger partial charge in [-0.1, -0.05) is 6.07 Å². The number of benzene rings is 1. The number of rotatable bonds is 3. The van der Waals surface area contributed by atoms with Gasteiger partial charge in [0.05, 0.1) is 17.8 Å². The highest BCUT2D eigenvalue weighted by molar-refractivity contribution is 9.10. The first-order valence-corrected chi connectivity index (χ1v) is 6.60. The molecule has 0 unspecified atom stereocenters. The highest BCUT2D eigenvalue weighted by Gasteiger charge is 2.36. The molecule has 0 atom stereocenters. The summed E-state index contributed by atoms with van der Waals surface area (Å²) in [6, 6.07) is 7.18. The van der Waals surface area contributed by atoms with Crippen LogP contribution in [0.1, 0.15) is 10.4 Å². The lowest BCUT2D eigenvalue weighted by molar-refractivity contribution is -0.114. The summed E-state index contributed by atoms with van der Waals surface area (Å²) < 4.78 is 2.39. The van der Waals surface area contributed by atoms with E-state index in [0.29, 0.717) is 28.8 Å². The van der Waals surface area contributed by atoms with Crippen LogP contribution in [0.3, 0.4) is 0 Å². The molecule has 0 spiro atoms. The predicted molar refractivity (Wildman–Crippen MR) is 73.1 cm³/mol. The number of carbonyl (C=O) groups excluding carboxylic acids is 2. The van der Waals surface area contributed by atoms with Crippen LogP contribution >= 0.6 is 15.9 Å². The van der Waals surface area contributed by atoms with Gasteiger partial charge in [-0.2, -0.15) is 5.10 Å². The number of fused-ring (bicyclic) bond motifs is 1. The average molecular weight is 320 g/mol. The second-order valence-electron chi connectivity index (χ2n) is 4.19. The van der Waals surface area contributed by atoms with Crippen molar-refractivity contribution in [2.45, 2.75) is 6.54 Å². The number of Topliss-reactive ketones (excluding diaryl/α,β-unsaturated/α-hetero) is 1. The monoisotopic (exact) mass is 319 g/mol. The Morgan fingerprint density at radius 1 is 1.16 bits per heavy atom. The Balaban J connectivity index is 1.89. The maximum Gasteiger partial charge on any atom is 0.299 e. The van der Waals surface area contributed by atoms with Crippen molar-refractivity contribution in [1.29, 1.82) is 0 Å². The first kappa shape index (κ1) is 12.1. The maximum atomic E-state index is 12.0. The number of hydrogen-bond donors (Lipinski definition) is 0. The fourth-order valence-electron chi connectivity index (χ4n) is 2.16. The van der Waals surface area contributed by atoms with Gasteiger partial charge in [0.2, 0.25) is 0 Å². The minimum atomic E-state index is -0.478. The number of amides is 1. The molecule has 19 heavy (non-hydrogen) atoms. The zero-order valence-electron chi connectivity index (χ0n) is 9.91. The SMILES string of the molecule is O=C1C(=O)N(CCn2cccn2)c2cccc(Br)c21. The first-order valence-electron chi connectivity index (χ1n) is 5.80. The minimum absolute atomic E-state index is 0.426. The fraction of sp³-hybridized carbons (Fsp3) is 0.154. The van der Waals surface area contributed by atoms with Gasteiger partial charge in [-0.05, 0) is 34.1 Å². The zero-order valence-corrected chi connectivity index (χ0v) is 11.5. The van der Waals surface area contributed by atoms with Crippen LogP contribution in [-0.4, -0.2) is 28.0 Å². The Morgan fingerprint density at radius 3 is 2.74 bits per heavy atom. The van der Waals surface area contributed by atoms with Gasteiger partial charge in [0.15, 0.2) is 0 Å². The molecule has 0 aliphatic carbocycles. The number of hydrogen-bond acceptors (Lipinski definition) is 3. The number of anilines is 1. The van der Waals surface area contributed by atoms with Gasteiger partial charge in [0.25, 0.3) is 11.7 Å². The van der Waals surface area contributed by atoms with E-state index in [4.69, 9.17) is 0 Å². The Bertz CT molecular complexity index is 652. The average Bonchev–Trinajstić information content (AvgIpc) is 2.98. The number of halogens is 1. The summed E-state index contributed by atoms with van der Waals surface area (Å²) in [4.78, 5) is 25.4. The Morgan fingerprint density at radius 2 is 2.00 bits per heavy atom. The van der Waals surface area contributed by atoms with E-state index in [-0.39, 0.29) is 0 Å². The summed E-state index contributed by atoms with van der Waals surface area (Å²) in [5.41, 5.74) is 1.12. The lowest BCUT2D eigenvalue weighted by atomic mass is 10.1. The molecule has 2 heterocycles. The van der Waals surface area contributed by atoms with Gasteiger partial charge in [-0.25, -0.2) is 0 Å². The van der Waals surface area contributed by atoms with E-state index in [1.54, 1.807) is 23.0 Å². The maximum absolute atomic E-state index is 12.0. The van der Waals surface area contributed by atoms with Gasteiger partial charge in [-0.15, -0.1) is 0 Å². The van der Waals surface area contributed by atoms with Gasteiger partial charge in [0, 0.05) is 23.4 Å². The second kappa shape index (κ2) is 4.62. The van der Waals surface area contributed by atoms with Crippen LogP contribution in [0.4, 0.5) is 5.69 Å². The lowest BCUT2D eigenvalue weighted by Gasteiger charge is -2.16. The Hall–Kier alpha value is -1.95. The van der Waals surface area contributed by atoms with E-state index in [0.717, 1.165) is 0 Å². The predicted octanol–water partition coefficient (Wildman–Crippen LogP) is 1.88. The van der Waals surface area contributed by atoms with Crippen LogP contribution in [0.25, 0.3) is 0 Å². The number of aromatic nitrogens is 2. The molecule has 1 aromatic carbocycles. The smallest absolute Gasteiger partial charge is 0.299 e. The summed E-state index contributed by atoms with van der Waals surface area (Å²) in [6.45, 7) is 0.980. The third kappa shape index (κ3) is 1.98. The number of carbonyl (C=O) groups is 2. The summed E-state index contributed by atoms with van der Waals surface area (Å²) in [5, 5.41) is 4.08. The van der Waals surface area contributed by atoms with Crippen molar-refractivity contribution in [2.75, 3.05) is 11.4 Å². The molecule has 0 saturated heterocycles. The highest BCUT2D eigenvalue weighted by Crippen LogP contribution is 2.34. The molecular formula is C13H10BrN3O2. The summed E-state index contributed by atoms with van der Waals surface area (Å²) in [6.07, 6.45) is 3.51. The van der Waals surface area contributed by atoms with Crippen molar-refractivity contribution < 1.29 is 9.59 Å². The quantitative estimate of drug-likeness (QED) is 0.812. The summed E-state index contributed by atoms with van der Waals surface area (Å²) in [7, 11) is 0. The molecule has 5 nitrogen and oxygen atoms in total. The Kier molecular flexibility index (Phi) is 2.94. The topological polar surface area (TPSA) is 55.2 Å². The summed E-state index contributed by atoms with van der Waals surface area (Å²) in [5.74, 6) is -0.933. The highest BCUT2D eigenvalue weighted by atomic mass is 79.9. The van der Waals surface area contributed by atoms with E-state index in [9.17, 15) is 9.59 Å². The molecule has 1 aromatic heterocycles. The molecule has 0 N–H and O–H groups in total. The van der Waals surface area contributed by atoms with E-state index >= 15 is 0 Å². The molecular weight excluding hydrogens is 310 g/mol.